The molecule has 0 unspecified atom stereocenters. The van der Waals surface area contributed by atoms with Gasteiger partial charge in [-0.1, -0.05) is 29.3 Å². The molecule has 0 bridgehead atoms. The summed E-state index contributed by atoms with van der Waals surface area (Å²) in [6, 6.07) is 4.14. The van der Waals surface area contributed by atoms with Crippen LogP contribution in [0.4, 0.5) is 18.9 Å². The van der Waals surface area contributed by atoms with Crippen LogP contribution in [-0.2, 0) is 11.0 Å². The Bertz CT molecular complexity index is 653. The molecular formula is C11H6Cl2F3N3O2. The van der Waals surface area contributed by atoms with Gasteiger partial charge >= 0.3 is 12.1 Å². The molecule has 0 atom stereocenters. The summed E-state index contributed by atoms with van der Waals surface area (Å²) in [5, 5.41) is -0.176. The Hall–Kier alpha value is -1.93. The van der Waals surface area contributed by atoms with E-state index in [1.54, 1.807) is 0 Å². The number of benzene rings is 1. The zero-order valence-corrected chi connectivity index (χ0v) is 11.5. The van der Waals surface area contributed by atoms with E-state index in [1.807, 2.05) is 0 Å². The molecule has 0 saturated heterocycles. The van der Waals surface area contributed by atoms with Gasteiger partial charge in [0, 0.05) is 0 Å². The summed E-state index contributed by atoms with van der Waals surface area (Å²) in [6.07, 6.45) is -4.50. The van der Waals surface area contributed by atoms with Crippen molar-refractivity contribution in [2.24, 2.45) is 0 Å². The van der Waals surface area contributed by atoms with Crippen molar-refractivity contribution in [3.05, 3.63) is 46.0 Å². The maximum Gasteiger partial charge on any atom is 0.416 e. The molecule has 2 N–H and O–H groups in total. The molecule has 5 nitrogen and oxygen atoms in total. The first-order valence-electron chi connectivity index (χ1n) is 5.33. The molecule has 2 rings (SSSR count). The van der Waals surface area contributed by atoms with Gasteiger partial charge in [0.05, 0.1) is 11.3 Å². The number of aromatic amines is 1. The third kappa shape index (κ3) is 3.79. The summed E-state index contributed by atoms with van der Waals surface area (Å²) in [7, 11) is 0. The van der Waals surface area contributed by atoms with Gasteiger partial charge in [-0.25, -0.2) is 15.3 Å². The largest absolute Gasteiger partial charge is 0.416 e. The topological polar surface area (TPSA) is 67.0 Å². The molecule has 0 amide bonds. The second-order valence-electron chi connectivity index (χ2n) is 3.76. The van der Waals surface area contributed by atoms with Crippen LogP contribution in [-0.4, -0.2) is 15.9 Å². The number of rotatable bonds is 3. The second-order valence-corrected chi connectivity index (χ2v) is 4.50. The van der Waals surface area contributed by atoms with Crippen molar-refractivity contribution >= 4 is 34.9 Å². The van der Waals surface area contributed by atoms with Crippen molar-refractivity contribution in [2.45, 2.75) is 6.18 Å². The fourth-order valence-electron chi connectivity index (χ4n) is 1.34. The SMILES string of the molecule is O=C(ONc1cccc(C(F)(F)F)c1)c1nc(Cl)c(Cl)[nH]1. The minimum atomic E-state index is -4.50. The summed E-state index contributed by atoms with van der Waals surface area (Å²) in [4.78, 5) is 22.0. The predicted octanol–water partition coefficient (Wildman–Crippen LogP) is 3.92. The number of hydrogen-bond donors (Lipinski definition) is 2. The lowest BCUT2D eigenvalue weighted by atomic mass is 10.2. The summed E-state index contributed by atoms with van der Waals surface area (Å²) in [6.45, 7) is 0. The number of H-pyrrole nitrogens is 1. The number of carbonyl (C=O) groups is 1. The van der Waals surface area contributed by atoms with Crippen LogP contribution in [0.2, 0.25) is 10.3 Å². The van der Waals surface area contributed by atoms with Gasteiger partial charge in [0.1, 0.15) is 5.15 Å². The maximum absolute atomic E-state index is 12.5. The third-order valence-electron chi connectivity index (χ3n) is 2.26. The van der Waals surface area contributed by atoms with Crippen molar-refractivity contribution in [1.82, 2.24) is 9.97 Å². The summed E-state index contributed by atoms with van der Waals surface area (Å²) < 4.78 is 37.5. The molecule has 1 aromatic heterocycles. The summed E-state index contributed by atoms with van der Waals surface area (Å²) in [5.74, 6) is -1.27. The third-order valence-corrected chi connectivity index (χ3v) is 2.91. The smallest absolute Gasteiger partial charge is 0.335 e. The highest BCUT2D eigenvalue weighted by Crippen LogP contribution is 2.30. The van der Waals surface area contributed by atoms with Gasteiger partial charge in [-0.2, -0.15) is 13.2 Å². The average Bonchev–Trinajstić information content (AvgIpc) is 2.75. The van der Waals surface area contributed by atoms with Crippen molar-refractivity contribution in [3.8, 4) is 0 Å². The fraction of sp³-hybridized carbons (Fsp3) is 0.0909. The number of nitrogens with zero attached hydrogens (tertiary/aromatic N) is 1. The number of imidazole rings is 1. The van der Waals surface area contributed by atoms with Gasteiger partial charge in [0.2, 0.25) is 5.82 Å². The van der Waals surface area contributed by atoms with E-state index in [2.05, 4.69) is 20.3 Å². The molecule has 1 heterocycles. The zero-order chi connectivity index (χ0) is 15.6. The van der Waals surface area contributed by atoms with Crippen molar-refractivity contribution < 1.29 is 22.8 Å². The van der Waals surface area contributed by atoms with Gasteiger partial charge in [-0.3, -0.25) is 0 Å². The minimum Gasteiger partial charge on any atom is -0.335 e. The standard InChI is InChI=1S/C11H6Cl2F3N3O2/c12-7-8(13)18-9(17-7)10(20)21-19-6-3-1-2-5(4-6)11(14,15)16/h1-4,19H,(H,17,18). The molecule has 0 aliphatic heterocycles. The maximum atomic E-state index is 12.5. The van der Waals surface area contributed by atoms with Gasteiger partial charge in [-0.05, 0) is 18.2 Å². The van der Waals surface area contributed by atoms with Gasteiger partial charge in [-0.15, -0.1) is 0 Å². The van der Waals surface area contributed by atoms with Crippen molar-refractivity contribution in [2.75, 3.05) is 5.48 Å². The number of alkyl halides is 3. The van der Waals surface area contributed by atoms with E-state index in [-0.39, 0.29) is 21.8 Å². The highest BCUT2D eigenvalue weighted by atomic mass is 35.5. The number of aromatic nitrogens is 2. The van der Waals surface area contributed by atoms with Crippen LogP contribution in [0.15, 0.2) is 24.3 Å². The number of halogens is 5. The Kier molecular flexibility index (Phi) is 4.29. The van der Waals surface area contributed by atoms with Gasteiger partial charge in [0.15, 0.2) is 5.15 Å². The normalized spacial score (nSPS) is 11.3. The molecule has 10 heteroatoms. The van der Waals surface area contributed by atoms with E-state index in [1.165, 1.54) is 12.1 Å². The molecule has 2 aromatic rings. The first-order valence-corrected chi connectivity index (χ1v) is 6.08. The van der Waals surface area contributed by atoms with Crippen molar-refractivity contribution in [3.63, 3.8) is 0 Å². The van der Waals surface area contributed by atoms with Crippen LogP contribution in [0.1, 0.15) is 16.2 Å². The highest BCUT2D eigenvalue weighted by molar-refractivity contribution is 6.40. The van der Waals surface area contributed by atoms with Crippen LogP contribution < -0.4 is 5.48 Å². The van der Waals surface area contributed by atoms with Crippen LogP contribution in [0.25, 0.3) is 0 Å². The average molecular weight is 340 g/mol. The van der Waals surface area contributed by atoms with E-state index < -0.39 is 17.7 Å². The zero-order valence-electron chi connectivity index (χ0n) is 9.96. The minimum absolute atomic E-state index is 0.0531. The van der Waals surface area contributed by atoms with Crippen LogP contribution in [0.3, 0.4) is 0 Å². The van der Waals surface area contributed by atoms with Gasteiger partial charge < -0.3 is 9.82 Å². The fourth-order valence-corrected chi connectivity index (χ4v) is 1.60. The van der Waals surface area contributed by atoms with E-state index in [0.717, 1.165) is 12.1 Å². The molecule has 0 radical (unpaired) electrons. The molecular weight excluding hydrogens is 334 g/mol. The van der Waals surface area contributed by atoms with E-state index in [0.29, 0.717) is 0 Å². The summed E-state index contributed by atoms with van der Waals surface area (Å²) >= 11 is 11.1. The van der Waals surface area contributed by atoms with Crippen LogP contribution >= 0.6 is 23.2 Å². The lowest BCUT2D eigenvalue weighted by Gasteiger charge is -2.09. The Morgan fingerprint density at radius 3 is 2.62 bits per heavy atom. The summed E-state index contributed by atoms with van der Waals surface area (Å²) in [5.41, 5.74) is 1.15. The Morgan fingerprint density at radius 1 is 1.33 bits per heavy atom. The Labute approximate surface area is 126 Å². The lowest BCUT2D eigenvalue weighted by Crippen LogP contribution is -2.13. The highest BCUT2D eigenvalue weighted by Gasteiger charge is 2.30. The molecule has 21 heavy (non-hydrogen) atoms. The molecule has 1 aromatic carbocycles. The lowest BCUT2D eigenvalue weighted by molar-refractivity contribution is -0.137. The number of anilines is 1. The number of nitrogens with one attached hydrogen (secondary N) is 2. The number of carbonyl (C=O) groups excluding carboxylic acids is 1. The number of hydrogen-bond acceptors (Lipinski definition) is 4. The van der Waals surface area contributed by atoms with Crippen LogP contribution in [0.5, 0.6) is 0 Å². The predicted molar refractivity (Wildman–Crippen MR) is 69.1 cm³/mol. The van der Waals surface area contributed by atoms with Crippen LogP contribution in [0, 0.1) is 0 Å². The Balaban J connectivity index is 2.04. The molecule has 0 aliphatic rings. The second kappa shape index (κ2) is 5.82. The van der Waals surface area contributed by atoms with E-state index >= 15 is 0 Å². The molecule has 0 saturated carbocycles. The Morgan fingerprint density at radius 2 is 2.05 bits per heavy atom. The quantitative estimate of drug-likeness (QED) is 0.831. The molecule has 112 valence electrons. The van der Waals surface area contributed by atoms with E-state index in [9.17, 15) is 18.0 Å². The first-order chi connectivity index (χ1) is 9.77. The molecule has 0 spiro atoms. The van der Waals surface area contributed by atoms with E-state index in [4.69, 9.17) is 23.2 Å². The van der Waals surface area contributed by atoms with Gasteiger partial charge in [0.25, 0.3) is 0 Å². The monoisotopic (exact) mass is 339 g/mol. The molecule has 0 fully saturated rings. The van der Waals surface area contributed by atoms with Crippen molar-refractivity contribution in [1.29, 1.82) is 0 Å². The first kappa shape index (κ1) is 15.5. The molecule has 0 aliphatic carbocycles.